The van der Waals surface area contributed by atoms with Crippen molar-refractivity contribution in [1.29, 1.82) is 0 Å². The number of hydrogen-bond acceptors (Lipinski definition) is 3. The first kappa shape index (κ1) is 19.0. The predicted octanol–water partition coefficient (Wildman–Crippen LogP) is 2.74. The van der Waals surface area contributed by atoms with Crippen LogP contribution in [0.25, 0.3) is 0 Å². The van der Waals surface area contributed by atoms with Gasteiger partial charge in [-0.25, -0.2) is 0 Å². The number of rotatable bonds is 8. The van der Waals surface area contributed by atoms with Gasteiger partial charge < -0.3 is 15.0 Å². The maximum Gasteiger partial charge on any atom is 0.242 e. The van der Waals surface area contributed by atoms with Crippen LogP contribution in [0, 0.1) is 0 Å². The first-order chi connectivity index (χ1) is 10.9. The molecule has 2 amide bonds. The zero-order valence-electron chi connectivity index (χ0n) is 14.8. The second-order valence-electron chi connectivity index (χ2n) is 5.96. The average molecular weight is 320 g/mol. The summed E-state index contributed by atoms with van der Waals surface area (Å²) in [4.78, 5) is 26.4. The third-order valence-electron chi connectivity index (χ3n) is 3.55. The summed E-state index contributed by atoms with van der Waals surface area (Å²) in [7, 11) is 1.61. The van der Waals surface area contributed by atoms with Gasteiger partial charge in [-0.3, -0.25) is 9.59 Å². The van der Waals surface area contributed by atoms with Gasteiger partial charge in [-0.05, 0) is 44.9 Å². The van der Waals surface area contributed by atoms with E-state index in [0.29, 0.717) is 13.0 Å². The fourth-order valence-corrected chi connectivity index (χ4v) is 2.31. The van der Waals surface area contributed by atoms with E-state index in [1.165, 1.54) is 0 Å². The Morgan fingerprint density at radius 3 is 2.52 bits per heavy atom. The molecule has 0 saturated heterocycles. The van der Waals surface area contributed by atoms with Crippen LogP contribution in [0.2, 0.25) is 0 Å². The summed E-state index contributed by atoms with van der Waals surface area (Å²) in [6, 6.07) is 7.10. The number of carbonyl (C=O) groups is 2. The van der Waals surface area contributed by atoms with Crippen LogP contribution in [0.4, 0.5) is 0 Å². The highest BCUT2D eigenvalue weighted by Gasteiger charge is 2.25. The van der Waals surface area contributed by atoms with Crippen LogP contribution in [-0.4, -0.2) is 35.9 Å². The molecule has 0 aliphatic rings. The van der Waals surface area contributed by atoms with Crippen LogP contribution >= 0.6 is 0 Å². The minimum atomic E-state index is -0.511. The van der Waals surface area contributed by atoms with Crippen molar-refractivity contribution < 1.29 is 14.3 Å². The number of amides is 2. The van der Waals surface area contributed by atoms with E-state index >= 15 is 0 Å². The van der Waals surface area contributed by atoms with Crippen molar-refractivity contribution in [3.05, 3.63) is 29.8 Å². The highest BCUT2D eigenvalue weighted by atomic mass is 16.5. The van der Waals surface area contributed by atoms with E-state index in [0.717, 1.165) is 17.7 Å². The summed E-state index contributed by atoms with van der Waals surface area (Å²) in [5.41, 5.74) is 0.943. The topological polar surface area (TPSA) is 58.6 Å². The summed E-state index contributed by atoms with van der Waals surface area (Å²) in [6.45, 7) is 7.93. The van der Waals surface area contributed by atoms with E-state index in [2.05, 4.69) is 5.32 Å². The van der Waals surface area contributed by atoms with Gasteiger partial charge in [0.2, 0.25) is 11.8 Å². The zero-order chi connectivity index (χ0) is 17.4. The van der Waals surface area contributed by atoms with E-state index in [9.17, 15) is 9.59 Å². The highest BCUT2D eigenvalue weighted by Crippen LogP contribution is 2.17. The lowest BCUT2D eigenvalue weighted by molar-refractivity contribution is -0.140. The average Bonchev–Trinajstić information content (AvgIpc) is 2.51. The molecule has 23 heavy (non-hydrogen) atoms. The molecule has 1 aromatic rings. The molecule has 0 radical (unpaired) electrons. The number of nitrogens with one attached hydrogen (secondary N) is 1. The maximum absolute atomic E-state index is 12.4. The Balaban J connectivity index is 2.95. The van der Waals surface area contributed by atoms with E-state index in [1.54, 1.807) is 18.9 Å². The van der Waals surface area contributed by atoms with E-state index < -0.39 is 6.04 Å². The van der Waals surface area contributed by atoms with Gasteiger partial charge in [0.15, 0.2) is 0 Å². The summed E-state index contributed by atoms with van der Waals surface area (Å²) in [5.74, 6) is 0.596. The molecule has 0 unspecified atom stereocenters. The monoisotopic (exact) mass is 320 g/mol. The van der Waals surface area contributed by atoms with Crippen molar-refractivity contribution in [3.8, 4) is 5.75 Å². The smallest absolute Gasteiger partial charge is 0.242 e. The largest absolute Gasteiger partial charge is 0.497 e. The van der Waals surface area contributed by atoms with Gasteiger partial charge in [0.25, 0.3) is 0 Å². The number of carbonyl (C=O) groups excluding carboxylic acids is 2. The molecule has 1 atom stereocenters. The molecule has 0 aromatic heterocycles. The molecule has 5 heteroatoms. The van der Waals surface area contributed by atoms with Gasteiger partial charge in [0.05, 0.1) is 7.11 Å². The Morgan fingerprint density at radius 1 is 1.26 bits per heavy atom. The fourth-order valence-electron chi connectivity index (χ4n) is 2.31. The van der Waals surface area contributed by atoms with Crippen molar-refractivity contribution in [2.24, 2.45) is 0 Å². The number of ether oxygens (including phenoxy) is 1. The number of nitrogens with zero attached hydrogens (tertiary/aromatic N) is 1. The normalized spacial score (nSPS) is 11.9. The molecular formula is C18H28N2O3. The molecule has 1 N–H and O–H groups in total. The predicted molar refractivity (Wildman–Crippen MR) is 91.2 cm³/mol. The number of benzene rings is 1. The van der Waals surface area contributed by atoms with Crippen molar-refractivity contribution in [2.75, 3.05) is 7.11 Å². The molecule has 5 nitrogen and oxygen atoms in total. The lowest BCUT2D eigenvalue weighted by Crippen LogP contribution is -2.49. The van der Waals surface area contributed by atoms with Crippen molar-refractivity contribution in [3.63, 3.8) is 0 Å². The molecule has 0 bridgehead atoms. The van der Waals surface area contributed by atoms with Gasteiger partial charge in [-0.2, -0.15) is 0 Å². The van der Waals surface area contributed by atoms with Gasteiger partial charge >= 0.3 is 0 Å². The van der Waals surface area contributed by atoms with Crippen LogP contribution in [0.15, 0.2) is 24.3 Å². The summed E-state index contributed by atoms with van der Waals surface area (Å²) < 4.78 is 5.22. The molecule has 0 aliphatic heterocycles. The Kier molecular flexibility index (Phi) is 7.59. The van der Waals surface area contributed by atoms with Crippen LogP contribution in [-0.2, 0) is 16.1 Å². The molecule has 0 saturated carbocycles. The quantitative estimate of drug-likeness (QED) is 0.801. The minimum absolute atomic E-state index is 0.0123. The van der Waals surface area contributed by atoms with Crippen LogP contribution < -0.4 is 10.1 Å². The Hall–Kier alpha value is -2.04. The Bertz CT molecular complexity index is 529. The van der Waals surface area contributed by atoms with Crippen LogP contribution in [0.5, 0.6) is 5.75 Å². The summed E-state index contributed by atoms with van der Waals surface area (Å²) in [6.07, 6.45) is 1.19. The SMILES string of the molecule is CCCC(=O)N(Cc1cccc(OC)c1)[C@@H](C)C(=O)NC(C)C. The fraction of sp³-hybridized carbons (Fsp3) is 0.556. The molecule has 0 fully saturated rings. The van der Waals surface area contributed by atoms with Crippen molar-refractivity contribution in [1.82, 2.24) is 10.2 Å². The molecular weight excluding hydrogens is 292 g/mol. The van der Waals surface area contributed by atoms with E-state index in [1.807, 2.05) is 45.0 Å². The van der Waals surface area contributed by atoms with Gasteiger partial charge in [0, 0.05) is 19.0 Å². The standard InChI is InChI=1S/C18H28N2O3/c1-6-8-17(21)20(14(4)18(22)19-13(2)3)12-15-9-7-10-16(11-15)23-5/h7,9-11,13-14H,6,8,12H2,1-5H3,(H,19,22)/t14-/m0/s1. The van der Waals surface area contributed by atoms with Gasteiger partial charge in [0.1, 0.15) is 11.8 Å². The van der Waals surface area contributed by atoms with E-state index in [4.69, 9.17) is 4.74 Å². The second kappa shape index (κ2) is 9.18. The summed E-state index contributed by atoms with van der Waals surface area (Å²) in [5, 5.41) is 2.87. The molecule has 0 heterocycles. The second-order valence-corrected chi connectivity index (χ2v) is 5.96. The first-order valence-electron chi connectivity index (χ1n) is 8.11. The molecule has 1 aromatic carbocycles. The number of hydrogen-bond donors (Lipinski definition) is 1. The lowest BCUT2D eigenvalue weighted by Gasteiger charge is -2.29. The number of methoxy groups -OCH3 is 1. The van der Waals surface area contributed by atoms with Crippen molar-refractivity contribution in [2.45, 2.75) is 59.2 Å². The van der Waals surface area contributed by atoms with E-state index in [-0.39, 0.29) is 17.9 Å². The summed E-state index contributed by atoms with van der Waals surface area (Å²) >= 11 is 0. The highest BCUT2D eigenvalue weighted by molar-refractivity contribution is 5.87. The van der Waals surface area contributed by atoms with Gasteiger partial charge in [-0.1, -0.05) is 19.1 Å². The third-order valence-corrected chi connectivity index (χ3v) is 3.55. The Morgan fingerprint density at radius 2 is 1.96 bits per heavy atom. The molecule has 128 valence electrons. The van der Waals surface area contributed by atoms with Crippen LogP contribution in [0.3, 0.4) is 0 Å². The Labute approximate surface area is 139 Å². The molecule has 1 rings (SSSR count). The third kappa shape index (κ3) is 5.93. The zero-order valence-corrected chi connectivity index (χ0v) is 14.8. The van der Waals surface area contributed by atoms with Crippen LogP contribution in [0.1, 0.15) is 46.1 Å². The molecule has 0 aliphatic carbocycles. The molecule has 0 spiro atoms. The van der Waals surface area contributed by atoms with Gasteiger partial charge in [-0.15, -0.1) is 0 Å². The maximum atomic E-state index is 12.4. The first-order valence-corrected chi connectivity index (χ1v) is 8.11. The minimum Gasteiger partial charge on any atom is -0.497 e. The van der Waals surface area contributed by atoms with Crippen molar-refractivity contribution >= 4 is 11.8 Å². The lowest BCUT2D eigenvalue weighted by atomic mass is 10.1.